The second-order valence-corrected chi connectivity index (χ2v) is 5.40. The van der Waals surface area contributed by atoms with Crippen molar-refractivity contribution in [1.82, 2.24) is 10.2 Å². The van der Waals surface area contributed by atoms with E-state index in [0.717, 1.165) is 0 Å². The normalized spacial score (nSPS) is 28.9. The topological polar surface area (TPSA) is 15.3 Å². The zero-order chi connectivity index (χ0) is 9.86. The second kappa shape index (κ2) is 4.63. The van der Waals surface area contributed by atoms with Gasteiger partial charge in [-0.1, -0.05) is 13.3 Å². The van der Waals surface area contributed by atoms with E-state index in [2.05, 4.69) is 17.1 Å². The van der Waals surface area contributed by atoms with E-state index in [1.54, 1.807) is 0 Å². The van der Waals surface area contributed by atoms with E-state index in [1.165, 1.54) is 64.8 Å². The summed E-state index contributed by atoms with van der Waals surface area (Å²) in [6, 6.07) is 0. The molecule has 0 aromatic heterocycles. The average Bonchev–Trinajstić information content (AvgIpc) is 2.19. The molecule has 2 rings (SSSR count). The molecule has 2 saturated heterocycles. The first-order valence-electron chi connectivity index (χ1n) is 6.22. The first kappa shape index (κ1) is 10.4. The van der Waals surface area contributed by atoms with Gasteiger partial charge >= 0.3 is 0 Å². The summed E-state index contributed by atoms with van der Waals surface area (Å²) in [5.41, 5.74) is 0.600. The van der Waals surface area contributed by atoms with Gasteiger partial charge in [0.1, 0.15) is 0 Å². The average molecular weight is 196 g/mol. The zero-order valence-electron chi connectivity index (χ0n) is 9.52. The Morgan fingerprint density at radius 2 is 1.71 bits per heavy atom. The second-order valence-electron chi connectivity index (χ2n) is 5.40. The van der Waals surface area contributed by atoms with Crippen LogP contribution in [0.3, 0.4) is 0 Å². The maximum Gasteiger partial charge on any atom is 0.00363 e. The highest BCUT2D eigenvalue weighted by atomic mass is 15.1. The number of nitrogens with zero attached hydrogens (tertiary/aromatic N) is 1. The van der Waals surface area contributed by atoms with E-state index in [-0.39, 0.29) is 0 Å². The van der Waals surface area contributed by atoms with Crippen LogP contribution in [0.15, 0.2) is 0 Å². The summed E-state index contributed by atoms with van der Waals surface area (Å²) in [6.45, 7) is 8.97. The van der Waals surface area contributed by atoms with E-state index in [4.69, 9.17) is 0 Å². The molecule has 2 nitrogen and oxygen atoms in total. The molecular weight excluding hydrogens is 172 g/mol. The molecule has 1 N–H and O–H groups in total. The van der Waals surface area contributed by atoms with Crippen LogP contribution in [-0.4, -0.2) is 37.6 Å². The molecular formula is C12H24N2. The number of hydrogen-bond donors (Lipinski definition) is 1. The summed E-state index contributed by atoms with van der Waals surface area (Å²) in [7, 11) is 0. The molecule has 0 radical (unpaired) electrons. The van der Waals surface area contributed by atoms with Gasteiger partial charge in [-0.15, -0.1) is 0 Å². The van der Waals surface area contributed by atoms with Crippen molar-refractivity contribution >= 4 is 0 Å². The van der Waals surface area contributed by atoms with Crippen LogP contribution in [0.2, 0.25) is 0 Å². The lowest BCUT2D eigenvalue weighted by atomic mass is 9.80. The molecule has 2 aliphatic rings. The highest BCUT2D eigenvalue weighted by molar-refractivity contribution is 4.84. The minimum Gasteiger partial charge on any atom is -0.317 e. The van der Waals surface area contributed by atoms with Crippen LogP contribution in [0.1, 0.15) is 39.0 Å². The molecule has 14 heavy (non-hydrogen) atoms. The van der Waals surface area contributed by atoms with Gasteiger partial charge in [-0.05, 0) is 57.3 Å². The molecule has 2 aliphatic heterocycles. The Bertz CT molecular complexity index is 167. The van der Waals surface area contributed by atoms with Crippen molar-refractivity contribution < 1.29 is 0 Å². The molecule has 82 valence electrons. The van der Waals surface area contributed by atoms with Gasteiger partial charge in [0.25, 0.3) is 0 Å². The lowest BCUT2D eigenvalue weighted by Crippen LogP contribution is -2.44. The van der Waals surface area contributed by atoms with Gasteiger partial charge in [-0.25, -0.2) is 0 Å². The molecule has 2 heterocycles. The number of nitrogens with one attached hydrogen (secondary N) is 1. The van der Waals surface area contributed by atoms with Crippen LogP contribution in [-0.2, 0) is 0 Å². The molecule has 2 heteroatoms. The molecule has 0 spiro atoms. The Hall–Kier alpha value is -0.0800. The fourth-order valence-corrected chi connectivity index (χ4v) is 2.85. The molecule has 0 bridgehead atoms. The predicted octanol–water partition coefficient (Wildman–Crippen LogP) is 1.86. The number of likely N-dealkylation sites (tertiary alicyclic amines) is 1. The van der Waals surface area contributed by atoms with Crippen LogP contribution >= 0.6 is 0 Å². The fraction of sp³-hybridized carbons (Fsp3) is 1.00. The van der Waals surface area contributed by atoms with Crippen molar-refractivity contribution in [1.29, 1.82) is 0 Å². The Balaban J connectivity index is 1.81. The molecule has 0 amide bonds. The molecule has 0 aromatic carbocycles. The smallest absolute Gasteiger partial charge is 0.00363 e. The maximum atomic E-state index is 3.46. The van der Waals surface area contributed by atoms with Crippen molar-refractivity contribution in [3.63, 3.8) is 0 Å². The predicted molar refractivity (Wildman–Crippen MR) is 60.5 cm³/mol. The quantitative estimate of drug-likeness (QED) is 0.725. The van der Waals surface area contributed by atoms with Gasteiger partial charge in [0.15, 0.2) is 0 Å². The molecule has 0 aromatic rings. The molecule has 0 saturated carbocycles. The number of piperidine rings is 2. The molecule has 0 unspecified atom stereocenters. The lowest BCUT2D eigenvalue weighted by Gasteiger charge is -2.40. The standard InChI is InChI=1S/C12H24N2/c1-12(5-7-13-8-6-12)11-14-9-3-2-4-10-14/h13H,2-11H2,1H3. The van der Waals surface area contributed by atoms with Gasteiger partial charge in [-0.2, -0.15) is 0 Å². The first-order valence-corrected chi connectivity index (χ1v) is 6.22. The van der Waals surface area contributed by atoms with Crippen molar-refractivity contribution in [2.75, 3.05) is 32.7 Å². The minimum atomic E-state index is 0.600. The lowest BCUT2D eigenvalue weighted by molar-refractivity contribution is 0.112. The van der Waals surface area contributed by atoms with Crippen LogP contribution in [0.4, 0.5) is 0 Å². The van der Waals surface area contributed by atoms with Crippen LogP contribution in [0.25, 0.3) is 0 Å². The number of rotatable bonds is 2. The summed E-state index contributed by atoms with van der Waals surface area (Å²) in [5.74, 6) is 0. The Morgan fingerprint density at radius 3 is 2.36 bits per heavy atom. The monoisotopic (exact) mass is 196 g/mol. The van der Waals surface area contributed by atoms with Crippen molar-refractivity contribution in [3.05, 3.63) is 0 Å². The van der Waals surface area contributed by atoms with E-state index >= 15 is 0 Å². The molecule has 0 aliphatic carbocycles. The van der Waals surface area contributed by atoms with Gasteiger partial charge in [0, 0.05) is 6.54 Å². The van der Waals surface area contributed by atoms with E-state index in [9.17, 15) is 0 Å². The molecule has 0 atom stereocenters. The highest BCUT2D eigenvalue weighted by Crippen LogP contribution is 2.29. The maximum absolute atomic E-state index is 3.46. The zero-order valence-corrected chi connectivity index (χ0v) is 9.52. The third-order valence-corrected chi connectivity index (χ3v) is 3.86. The minimum absolute atomic E-state index is 0.600. The van der Waals surface area contributed by atoms with Gasteiger partial charge in [-0.3, -0.25) is 0 Å². The third-order valence-electron chi connectivity index (χ3n) is 3.86. The van der Waals surface area contributed by atoms with E-state index < -0.39 is 0 Å². The Labute approximate surface area is 88.1 Å². The highest BCUT2D eigenvalue weighted by Gasteiger charge is 2.29. The van der Waals surface area contributed by atoms with Gasteiger partial charge < -0.3 is 10.2 Å². The summed E-state index contributed by atoms with van der Waals surface area (Å²) in [4.78, 5) is 2.69. The summed E-state index contributed by atoms with van der Waals surface area (Å²) in [5, 5.41) is 3.46. The van der Waals surface area contributed by atoms with Crippen LogP contribution < -0.4 is 5.32 Å². The summed E-state index contributed by atoms with van der Waals surface area (Å²) >= 11 is 0. The van der Waals surface area contributed by atoms with Crippen LogP contribution in [0, 0.1) is 5.41 Å². The van der Waals surface area contributed by atoms with Crippen LogP contribution in [0.5, 0.6) is 0 Å². The third kappa shape index (κ3) is 2.71. The van der Waals surface area contributed by atoms with Crippen molar-refractivity contribution in [3.8, 4) is 0 Å². The number of hydrogen-bond acceptors (Lipinski definition) is 2. The Morgan fingerprint density at radius 1 is 1.07 bits per heavy atom. The van der Waals surface area contributed by atoms with Crippen molar-refractivity contribution in [2.45, 2.75) is 39.0 Å². The van der Waals surface area contributed by atoms with E-state index in [1.807, 2.05) is 0 Å². The fourth-order valence-electron chi connectivity index (χ4n) is 2.85. The van der Waals surface area contributed by atoms with Gasteiger partial charge in [0.2, 0.25) is 0 Å². The van der Waals surface area contributed by atoms with Gasteiger partial charge in [0.05, 0.1) is 0 Å². The SMILES string of the molecule is CC1(CN2CCCCC2)CCNCC1. The molecule has 2 fully saturated rings. The largest absolute Gasteiger partial charge is 0.317 e. The van der Waals surface area contributed by atoms with E-state index in [0.29, 0.717) is 5.41 Å². The summed E-state index contributed by atoms with van der Waals surface area (Å²) < 4.78 is 0. The first-order chi connectivity index (χ1) is 6.79. The van der Waals surface area contributed by atoms with Crippen molar-refractivity contribution in [2.24, 2.45) is 5.41 Å². The Kier molecular flexibility index (Phi) is 3.45. The summed E-state index contributed by atoms with van der Waals surface area (Å²) in [6.07, 6.45) is 7.03.